The van der Waals surface area contributed by atoms with E-state index in [9.17, 15) is 9.59 Å². The first-order valence-electron chi connectivity index (χ1n) is 9.22. The van der Waals surface area contributed by atoms with Crippen molar-refractivity contribution in [3.63, 3.8) is 0 Å². The fourth-order valence-electron chi connectivity index (χ4n) is 3.29. The lowest BCUT2D eigenvalue weighted by Gasteiger charge is -2.32. The SMILES string of the molecule is CCn1ccnc(N2CCC(NC(=O)CCc3ccc(C)o3)CC2)c1=O. The number of amides is 1. The molecule has 0 saturated carbocycles. The van der Waals surface area contributed by atoms with E-state index in [1.165, 1.54) is 0 Å². The summed E-state index contributed by atoms with van der Waals surface area (Å²) in [6.07, 6.45) is 6.04. The van der Waals surface area contributed by atoms with Crippen molar-refractivity contribution in [2.24, 2.45) is 0 Å². The van der Waals surface area contributed by atoms with E-state index in [4.69, 9.17) is 4.42 Å². The maximum Gasteiger partial charge on any atom is 0.293 e. The van der Waals surface area contributed by atoms with Gasteiger partial charge in [0.2, 0.25) is 5.91 Å². The molecule has 0 unspecified atom stereocenters. The second kappa shape index (κ2) is 8.21. The maximum absolute atomic E-state index is 12.4. The number of nitrogens with one attached hydrogen (secondary N) is 1. The Hall–Kier alpha value is -2.57. The third-order valence-electron chi connectivity index (χ3n) is 4.79. The molecule has 2 aromatic rings. The van der Waals surface area contributed by atoms with Crippen molar-refractivity contribution in [3.8, 4) is 0 Å². The predicted molar refractivity (Wildman–Crippen MR) is 99.3 cm³/mol. The van der Waals surface area contributed by atoms with E-state index in [0.717, 1.165) is 37.5 Å². The van der Waals surface area contributed by atoms with Gasteiger partial charge in [-0.25, -0.2) is 4.98 Å². The molecule has 1 fully saturated rings. The molecule has 0 bridgehead atoms. The molecular formula is C19H26N4O3. The molecule has 7 heteroatoms. The van der Waals surface area contributed by atoms with Gasteiger partial charge in [-0.15, -0.1) is 0 Å². The van der Waals surface area contributed by atoms with Crippen LogP contribution in [0.3, 0.4) is 0 Å². The average Bonchev–Trinajstić information content (AvgIpc) is 3.06. The lowest BCUT2D eigenvalue weighted by atomic mass is 10.0. The van der Waals surface area contributed by atoms with Gasteiger partial charge in [-0.1, -0.05) is 0 Å². The Bertz CT molecular complexity index is 803. The number of hydrogen-bond donors (Lipinski definition) is 1. The zero-order valence-corrected chi connectivity index (χ0v) is 15.4. The monoisotopic (exact) mass is 358 g/mol. The van der Waals surface area contributed by atoms with E-state index in [2.05, 4.69) is 10.3 Å². The molecule has 26 heavy (non-hydrogen) atoms. The summed E-state index contributed by atoms with van der Waals surface area (Å²) < 4.78 is 7.15. The molecule has 3 rings (SSSR count). The standard InChI is InChI=1S/C19H26N4O3/c1-3-22-13-10-20-18(19(22)25)23-11-8-15(9-12-23)21-17(24)7-6-16-5-4-14(2)26-16/h4-5,10,13,15H,3,6-9,11-12H2,1-2H3,(H,21,24). The minimum absolute atomic E-state index is 0.0451. The number of aryl methyl sites for hydroxylation is 3. The van der Waals surface area contributed by atoms with Crippen molar-refractivity contribution in [3.05, 3.63) is 46.4 Å². The molecule has 140 valence electrons. The largest absolute Gasteiger partial charge is 0.466 e. The van der Waals surface area contributed by atoms with E-state index in [1.54, 1.807) is 17.0 Å². The van der Waals surface area contributed by atoms with Crippen LogP contribution in [0, 0.1) is 6.92 Å². The number of piperidine rings is 1. The van der Waals surface area contributed by atoms with Crippen LogP contribution in [0.25, 0.3) is 0 Å². The Morgan fingerprint density at radius 1 is 1.35 bits per heavy atom. The molecule has 7 nitrogen and oxygen atoms in total. The molecule has 1 N–H and O–H groups in total. The van der Waals surface area contributed by atoms with Gasteiger partial charge in [0.15, 0.2) is 5.82 Å². The van der Waals surface area contributed by atoms with Crippen LogP contribution < -0.4 is 15.8 Å². The van der Waals surface area contributed by atoms with Gasteiger partial charge >= 0.3 is 0 Å². The normalized spacial score (nSPS) is 15.2. The molecule has 0 aliphatic carbocycles. The molecule has 0 atom stereocenters. The van der Waals surface area contributed by atoms with Crippen molar-refractivity contribution in [2.45, 2.75) is 52.1 Å². The highest BCUT2D eigenvalue weighted by Crippen LogP contribution is 2.15. The minimum Gasteiger partial charge on any atom is -0.466 e. The van der Waals surface area contributed by atoms with Crippen molar-refractivity contribution in [1.82, 2.24) is 14.9 Å². The summed E-state index contributed by atoms with van der Waals surface area (Å²) >= 11 is 0. The van der Waals surface area contributed by atoms with E-state index in [-0.39, 0.29) is 17.5 Å². The van der Waals surface area contributed by atoms with Crippen LogP contribution in [-0.2, 0) is 17.8 Å². The summed E-state index contributed by atoms with van der Waals surface area (Å²) in [5, 5.41) is 3.09. The number of carbonyl (C=O) groups excluding carboxylic acids is 1. The summed E-state index contributed by atoms with van der Waals surface area (Å²) in [6.45, 7) is 5.91. The van der Waals surface area contributed by atoms with Gasteiger partial charge in [0.1, 0.15) is 11.5 Å². The molecule has 0 radical (unpaired) electrons. The molecule has 0 spiro atoms. The Morgan fingerprint density at radius 3 is 2.77 bits per heavy atom. The predicted octanol–water partition coefficient (Wildman–Crippen LogP) is 1.88. The molecular weight excluding hydrogens is 332 g/mol. The van der Waals surface area contributed by atoms with Crippen LogP contribution in [0.5, 0.6) is 0 Å². The number of hydrogen-bond acceptors (Lipinski definition) is 5. The lowest BCUT2D eigenvalue weighted by Crippen LogP contribution is -2.46. The van der Waals surface area contributed by atoms with Crippen molar-refractivity contribution < 1.29 is 9.21 Å². The van der Waals surface area contributed by atoms with E-state index < -0.39 is 0 Å². The third-order valence-corrected chi connectivity index (χ3v) is 4.79. The minimum atomic E-state index is -0.0498. The molecule has 1 amide bonds. The smallest absolute Gasteiger partial charge is 0.293 e. The van der Waals surface area contributed by atoms with Crippen molar-refractivity contribution in [1.29, 1.82) is 0 Å². The molecule has 1 aliphatic rings. The Labute approximate surface area is 153 Å². The number of anilines is 1. The van der Waals surface area contributed by atoms with E-state index in [1.807, 2.05) is 30.9 Å². The van der Waals surface area contributed by atoms with E-state index >= 15 is 0 Å². The van der Waals surface area contributed by atoms with Gasteiger partial charge in [-0.3, -0.25) is 9.59 Å². The number of aromatic nitrogens is 2. The summed E-state index contributed by atoms with van der Waals surface area (Å²) in [6, 6.07) is 3.97. The zero-order valence-electron chi connectivity index (χ0n) is 15.4. The van der Waals surface area contributed by atoms with Gasteiger partial charge in [-0.2, -0.15) is 0 Å². The summed E-state index contributed by atoms with van der Waals surface area (Å²) in [5.41, 5.74) is -0.0498. The number of nitrogens with zero attached hydrogens (tertiary/aromatic N) is 3. The number of furan rings is 1. The maximum atomic E-state index is 12.4. The first-order valence-corrected chi connectivity index (χ1v) is 9.22. The Balaban J connectivity index is 1.48. The zero-order chi connectivity index (χ0) is 18.5. The van der Waals surface area contributed by atoms with Gasteiger partial charge in [-0.05, 0) is 38.8 Å². The van der Waals surface area contributed by atoms with E-state index in [0.29, 0.717) is 25.2 Å². The second-order valence-corrected chi connectivity index (χ2v) is 6.68. The molecule has 1 saturated heterocycles. The van der Waals surface area contributed by atoms with Crippen molar-refractivity contribution >= 4 is 11.7 Å². The van der Waals surface area contributed by atoms with Crippen molar-refractivity contribution in [2.75, 3.05) is 18.0 Å². The van der Waals surface area contributed by atoms with Crippen LogP contribution in [0.2, 0.25) is 0 Å². The fraction of sp³-hybridized carbons (Fsp3) is 0.526. The van der Waals surface area contributed by atoms with Crippen LogP contribution in [0.4, 0.5) is 5.82 Å². The van der Waals surface area contributed by atoms with Gasteiger partial charge in [0, 0.05) is 50.9 Å². The summed E-state index contributed by atoms with van der Waals surface area (Å²) in [5.74, 6) is 2.26. The topological polar surface area (TPSA) is 80.4 Å². The molecule has 1 aliphatic heterocycles. The highest BCUT2D eigenvalue weighted by atomic mass is 16.3. The molecule has 0 aromatic carbocycles. The van der Waals surface area contributed by atoms with Gasteiger partial charge < -0.3 is 19.2 Å². The van der Waals surface area contributed by atoms with Gasteiger partial charge in [0.25, 0.3) is 5.56 Å². The summed E-state index contributed by atoms with van der Waals surface area (Å²) in [4.78, 5) is 30.8. The van der Waals surface area contributed by atoms with Crippen LogP contribution >= 0.6 is 0 Å². The highest BCUT2D eigenvalue weighted by molar-refractivity contribution is 5.76. The first-order chi connectivity index (χ1) is 12.6. The Morgan fingerprint density at radius 2 is 2.12 bits per heavy atom. The lowest BCUT2D eigenvalue weighted by molar-refractivity contribution is -0.121. The average molecular weight is 358 g/mol. The molecule has 2 aromatic heterocycles. The number of rotatable bonds is 6. The molecule has 3 heterocycles. The van der Waals surface area contributed by atoms with Crippen LogP contribution in [0.15, 0.2) is 33.7 Å². The van der Waals surface area contributed by atoms with Gasteiger partial charge in [0.05, 0.1) is 0 Å². The quantitative estimate of drug-likeness (QED) is 0.853. The third kappa shape index (κ3) is 4.33. The summed E-state index contributed by atoms with van der Waals surface area (Å²) in [7, 11) is 0. The first kappa shape index (κ1) is 18.2. The Kier molecular flexibility index (Phi) is 5.75. The fourth-order valence-corrected chi connectivity index (χ4v) is 3.29. The second-order valence-electron chi connectivity index (χ2n) is 6.68. The highest BCUT2D eigenvalue weighted by Gasteiger charge is 2.23. The number of carbonyl (C=O) groups is 1. The van der Waals surface area contributed by atoms with Crippen LogP contribution in [-0.4, -0.2) is 34.6 Å². The van der Waals surface area contributed by atoms with Crippen LogP contribution in [0.1, 0.15) is 37.7 Å².